The molecule has 2 aliphatic rings. The number of carbonyl (C=O) groups is 1. The summed E-state index contributed by atoms with van der Waals surface area (Å²) in [5.74, 6) is 1.44. The first-order chi connectivity index (χ1) is 10.1. The van der Waals surface area contributed by atoms with Gasteiger partial charge in [0.15, 0.2) is 0 Å². The molecule has 1 saturated heterocycles. The Bertz CT molecular complexity index is 486. The van der Waals surface area contributed by atoms with Gasteiger partial charge < -0.3 is 9.32 Å². The molecule has 116 valence electrons. The summed E-state index contributed by atoms with van der Waals surface area (Å²) in [4.78, 5) is 18.7. The van der Waals surface area contributed by atoms with E-state index in [2.05, 4.69) is 10.3 Å². The predicted molar refractivity (Wildman–Crippen MR) is 81.3 cm³/mol. The molecule has 21 heavy (non-hydrogen) atoms. The van der Waals surface area contributed by atoms with Crippen LogP contribution in [0.3, 0.4) is 0 Å². The van der Waals surface area contributed by atoms with Gasteiger partial charge in [-0.05, 0) is 45.4 Å². The molecule has 2 fully saturated rings. The molecule has 1 saturated carbocycles. The number of aromatic nitrogens is 1. The zero-order valence-electron chi connectivity index (χ0n) is 13.0. The number of urea groups is 1. The van der Waals surface area contributed by atoms with Crippen LogP contribution in [0.4, 0.5) is 10.8 Å². The fraction of sp³-hybridized carbons (Fsp3) is 0.750. The Hall–Kier alpha value is -1.52. The van der Waals surface area contributed by atoms with Gasteiger partial charge in [0.2, 0.25) is 0 Å². The summed E-state index contributed by atoms with van der Waals surface area (Å²) in [6.07, 6.45) is 8.77. The molecule has 1 atom stereocenters. The van der Waals surface area contributed by atoms with E-state index < -0.39 is 0 Å². The van der Waals surface area contributed by atoms with Gasteiger partial charge in [0.25, 0.3) is 0 Å². The van der Waals surface area contributed by atoms with Crippen molar-refractivity contribution in [2.45, 2.75) is 64.8 Å². The van der Waals surface area contributed by atoms with Crippen molar-refractivity contribution in [3.8, 4) is 0 Å². The Balaban J connectivity index is 1.65. The van der Waals surface area contributed by atoms with Crippen LogP contribution in [-0.4, -0.2) is 28.5 Å². The molecule has 1 unspecified atom stereocenters. The van der Waals surface area contributed by atoms with Gasteiger partial charge >= 0.3 is 12.0 Å². The lowest BCUT2D eigenvalue weighted by Gasteiger charge is -2.33. The number of rotatable bonds is 2. The van der Waals surface area contributed by atoms with E-state index >= 15 is 0 Å². The van der Waals surface area contributed by atoms with E-state index in [-0.39, 0.29) is 6.03 Å². The molecule has 5 heteroatoms. The normalized spacial score (nSPS) is 23.5. The molecule has 0 bridgehead atoms. The molecule has 0 spiro atoms. The second-order valence-electron chi connectivity index (χ2n) is 6.39. The van der Waals surface area contributed by atoms with Gasteiger partial charge in [0.05, 0.1) is 5.69 Å². The smallest absolute Gasteiger partial charge is 0.325 e. The van der Waals surface area contributed by atoms with Crippen molar-refractivity contribution in [1.82, 2.24) is 9.88 Å². The summed E-state index contributed by atoms with van der Waals surface area (Å²) in [6.45, 7) is 4.60. The molecule has 0 radical (unpaired) electrons. The van der Waals surface area contributed by atoms with Crippen molar-refractivity contribution >= 4 is 12.0 Å². The molecule has 1 aromatic heterocycles. The van der Waals surface area contributed by atoms with Crippen molar-refractivity contribution in [2.75, 3.05) is 11.9 Å². The predicted octanol–water partition coefficient (Wildman–Crippen LogP) is 3.87. The second kappa shape index (κ2) is 6.08. The third kappa shape index (κ3) is 3.06. The van der Waals surface area contributed by atoms with Crippen molar-refractivity contribution in [3.63, 3.8) is 0 Å². The molecular formula is C16H25N3O2. The van der Waals surface area contributed by atoms with Crippen LogP contribution in [0.1, 0.15) is 56.4 Å². The minimum atomic E-state index is -0.0516. The fourth-order valence-corrected chi connectivity index (χ4v) is 3.74. The van der Waals surface area contributed by atoms with Gasteiger partial charge in [-0.3, -0.25) is 5.32 Å². The van der Waals surface area contributed by atoms with E-state index in [1.165, 1.54) is 32.1 Å². The second-order valence-corrected chi connectivity index (χ2v) is 6.39. The first-order valence-electron chi connectivity index (χ1n) is 8.17. The molecule has 1 N–H and O–H groups in total. The van der Waals surface area contributed by atoms with Gasteiger partial charge in [-0.15, -0.1) is 0 Å². The molecule has 2 heterocycles. The molecule has 3 rings (SSSR count). The lowest BCUT2D eigenvalue weighted by molar-refractivity contribution is 0.166. The molecule has 1 aliphatic heterocycles. The van der Waals surface area contributed by atoms with E-state index in [1.807, 2.05) is 18.7 Å². The number of likely N-dealkylation sites (tertiary alicyclic amines) is 1. The van der Waals surface area contributed by atoms with Gasteiger partial charge in [0, 0.05) is 12.6 Å². The van der Waals surface area contributed by atoms with Crippen LogP contribution in [-0.2, 0) is 0 Å². The maximum absolute atomic E-state index is 12.5. The Morgan fingerprint density at radius 1 is 1.19 bits per heavy atom. The Morgan fingerprint density at radius 3 is 2.62 bits per heavy atom. The third-order valence-electron chi connectivity index (χ3n) is 5.00. The highest BCUT2D eigenvalue weighted by Gasteiger charge is 2.35. The fourth-order valence-electron chi connectivity index (χ4n) is 3.74. The van der Waals surface area contributed by atoms with Crippen LogP contribution in [0.2, 0.25) is 0 Å². The standard InChI is InChI=1S/C16H25N3O2/c1-11-12(2)21-15(17-11)18-16(20)19-10-6-9-14(19)13-7-4-3-5-8-13/h13-14H,3-10H2,1-2H3,(H,17,18,20). The van der Waals surface area contributed by atoms with Crippen molar-refractivity contribution in [3.05, 3.63) is 11.5 Å². The van der Waals surface area contributed by atoms with E-state index in [4.69, 9.17) is 4.42 Å². The minimum absolute atomic E-state index is 0.0516. The average Bonchev–Trinajstić information content (AvgIpc) is 3.07. The Morgan fingerprint density at radius 2 is 1.95 bits per heavy atom. The SMILES string of the molecule is Cc1nc(NC(=O)N2CCCC2C2CCCCC2)oc1C. The molecule has 1 aromatic rings. The van der Waals surface area contributed by atoms with Crippen LogP contribution in [0.15, 0.2) is 4.42 Å². The topological polar surface area (TPSA) is 58.4 Å². The van der Waals surface area contributed by atoms with Crippen molar-refractivity contribution in [1.29, 1.82) is 0 Å². The van der Waals surface area contributed by atoms with Crippen LogP contribution < -0.4 is 5.32 Å². The first kappa shape index (κ1) is 14.4. The lowest BCUT2D eigenvalue weighted by atomic mass is 9.83. The molecule has 0 aromatic carbocycles. The third-order valence-corrected chi connectivity index (χ3v) is 5.00. The molecule has 1 aliphatic carbocycles. The first-order valence-corrected chi connectivity index (χ1v) is 8.17. The van der Waals surface area contributed by atoms with Crippen LogP contribution in [0.5, 0.6) is 0 Å². The van der Waals surface area contributed by atoms with Gasteiger partial charge in [-0.2, -0.15) is 4.98 Å². The zero-order valence-corrected chi connectivity index (χ0v) is 13.0. The Labute approximate surface area is 126 Å². The van der Waals surface area contributed by atoms with E-state index in [9.17, 15) is 4.79 Å². The highest BCUT2D eigenvalue weighted by atomic mass is 16.4. The van der Waals surface area contributed by atoms with Crippen LogP contribution in [0, 0.1) is 19.8 Å². The summed E-state index contributed by atoms with van der Waals surface area (Å²) < 4.78 is 5.46. The zero-order chi connectivity index (χ0) is 14.8. The minimum Gasteiger partial charge on any atom is -0.428 e. The molecular weight excluding hydrogens is 266 g/mol. The number of aryl methyl sites for hydroxylation is 2. The number of hydrogen-bond donors (Lipinski definition) is 1. The summed E-state index contributed by atoms with van der Waals surface area (Å²) in [7, 11) is 0. The van der Waals surface area contributed by atoms with Gasteiger partial charge in [-0.25, -0.2) is 4.79 Å². The number of anilines is 1. The average molecular weight is 291 g/mol. The maximum Gasteiger partial charge on any atom is 0.325 e. The number of hydrogen-bond acceptors (Lipinski definition) is 3. The number of nitrogens with zero attached hydrogens (tertiary/aromatic N) is 2. The summed E-state index contributed by atoms with van der Waals surface area (Å²) in [5, 5.41) is 2.82. The van der Waals surface area contributed by atoms with Crippen molar-refractivity contribution in [2.24, 2.45) is 5.92 Å². The number of oxazole rings is 1. The monoisotopic (exact) mass is 291 g/mol. The van der Waals surface area contributed by atoms with E-state index in [0.717, 1.165) is 30.8 Å². The largest absolute Gasteiger partial charge is 0.428 e. The highest BCUT2D eigenvalue weighted by molar-refractivity contribution is 5.87. The summed E-state index contributed by atoms with van der Waals surface area (Å²) >= 11 is 0. The van der Waals surface area contributed by atoms with E-state index in [0.29, 0.717) is 18.0 Å². The lowest BCUT2D eigenvalue weighted by Crippen LogP contribution is -2.43. The van der Waals surface area contributed by atoms with Gasteiger partial charge in [0.1, 0.15) is 5.76 Å². The van der Waals surface area contributed by atoms with Crippen LogP contribution in [0.25, 0.3) is 0 Å². The van der Waals surface area contributed by atoms with Gasteiger partial charge in [-0.1, -0.05) is 19.3 Å². The number of amides is 2. The van der Waals surface area contributed by atoms with Crippen molar-refractivity contribution < 1.29 is 9.21 Å². The summed E-state index contributed by atoms with van der Waals surface area (Å²) in [6, 6.07) is 0.677. The Kier molecular flexibility index (Phi) is 4.17. The summed E-state index contributed by atoms with van der Waals surface area (Å²) in [5.41, 5.74) is 0.829. The van der Waals surface area contributed by atoms with Crippen LogP contribution >= 0.6 is 0 Å². The van der Waals surface area contributed by atoms with E-state index in [1.54, 1.807) is 0 Å². The molecule has 5 nitrogen and oxygen atoms in total. The molecule has 2 amide bonds. The number of nitrogens with one attached hydrogen (secondary N) is 1. The maximum atomic E-state index is 12.5. The highest BCUT2D eigenvalue weighted by Crippen LogP contribution is 2.34. The number of carbonyl (C=O) groups excluding carboxylic acids is 1. The quantitative estimate of drug-likeness (QED) is 0.900.